The molecule has 3 atom stereocenters. The molecule has 4 nitrogen and oxygen atoms in total. The molecule has 1 unspecified atom stereocenters. The average Bonchev–Trinajstić information content (AvgIpc) is 2.78. The second kappa shape index (κ2) is 5.84. The number of hydrogen-bond donors (Lipinski definition) is 1. The van der Waals surface area contributed by atoms with Crippen LogP contribution in [0.25, 0.3) is 0 Å². The van der Waals surface area contributed by atoms with Crippen molar-refractivity contribution in [2.75, 3.05) is 33.3 Å². The van der Waals surface area contributed by atoms with Crippen molar-refractivity contribution in [2.45, 2.75) is 19.4 Å². The summed E-state index contributed by atoms with van der Waals surface area (Å²) in [5.41, 5.74) is 0. The number of ether oxygens (including phenoxy) is 1. The fraction of sp³-hybridized carbons (Fsp3) is 0.909. The van der Waals surface area contributed by atoms with Crippen LogP contribution in [0.1, 0.15) is 13.3 Å². The molecule has 2 aliphatic rings. The standard InChI is InChI=1S/C11H20N2O2.ClH/c1-3-10(15-2)11(14)13-6-8-4-12-5-9(8)7-13;/h8-10,12H,3-7H2,1-2H3;1H/t8-,9+,10?;. The van der Waals surface area contributed by atoms with E-state index in [-0.39, 0.29) is 24.4 Å². The first-order chi connectivity index (χ1) is 7.26. The molecule has 2 saturated heterocycles. The van der Waals surface area contributed by atoms with Crippen LogP contribution >= 0.6 is 12.4 Å². The van der Waals surface area contributed by atoms with Crippen LogP contribution in [0.5, 0.6) is 0 Å². The molecule has 2 rings (SSSR count). The second-order valence-corrected chi connectivity index (χ2v) is 4.55. The predicted octanol–water partition coefficient (Wildman–Crippen LogP) is 0.511. The Kier molecular flexibility index (Phi) is 5.02. The first-order valence-electron chi connectivity index (χ1n) is 5.78. The fourth-order valence-electron chi connectivity index (χ4n) is 2.68. The summed E-state index contributed by atoms with van der Waals surface area (Å²) in [6.07, 6.45) is 0.524. The van der Waals surface area contributed by atoms with Gasteiger partial charge in [0.05, 0.1) is 0 Å². The molecule has 2 fully saturated rings. The normalized spacial score (nSPS) is 29.8. The van der Waals surface area contributed by atoms with Gasteiger partial charge in [0.1, 0.15) is 6.10 Å². The summed E-state index contributed by atoms with van der Waals surface area (Å²) in [5.74, 6) is 1.51. The van der Waals surface area contributed by atoms with E-state index in [1.807, 2.05) is 11.8 Å². The van der Waals surface area contributed by atoms with Gasteiger partial charge in [-0.1, -0.05) is 6.92 Å². The van der Waals surface area contributed by atoms with Crippen molar-refractivity contribution < 1.29 is 9.53 Å². The second-order valence-electron chi connectivity index (χ2n) is 4.55. The van der Waals surface area contributed by atoms with Crippen LogP contribution in [0.3, 0.4) is 0 Å². The van der Waals surface area contributed by atoms with Gasteiger partial charge in [-0.15, -0.1) is 12.4 Å². The highest BCUT2D eigenvalue weighted by Gasteiger charge is 2.39. The first kappa shape index (κ1) is 13.7. The summed E-state index contributed by atoms with van der Waals surface area (Å²) >= 11 is 0. The van der Waals surface area contributed by atoms with Crippen LogP contribution in [0.15, 0.2) is 0 Å². The lowest BCUT2D eigenvalue weighted by molar-refractivity contribution is -0.141. The van der Waals surface area contributed by atoms with Crippen LogP contribution in [-0.4, -0.2) is 50.2 Å². The van der Waals surface area contributed by atoms with Gasteiger partial charge < -0.3 is 15.0 Å². The minimum absolute atomic E-state index is 0. The summed E-state index contributed by atoms with van der Waals surface area (Å²) in [4.78, 5) is 14.0. The molecule has 0 spiro atoms. The lowest BCUT2D eigenvalue weighted by Crippen LogP contribution is -2.39. The SMILES string of the molecule is CCC(OC)C(=O)N1C[C@H]2CNC[C@H]2C1.Cl. The summed E-state index contributed by atoms with van der Waals surface area (Å²) in [6, 6.07) is 0. The molecule has 0 aliphatic carbocycles. The zero-order valence-electron chi connectivity index (χ0n) is 9.94. The highest BCUT2D eigenvalue weighted by atomic mass is 35.5. The molecule has 1 amide bonds. The third kappa shape index (κ3) is 2.50. The quantitative estimate of drug-likeness (QED) is 0.792. The Labute approximate surface area is 103 Å². The molecule has 0 aromatic carbocycles. The number of rotatable bonds is 3. The van der Waals surface area contributed by atoms with E-state index >= 15 is 0 Å². The minimum atomic E-state index is -0.239. The third-order valence-corrected chi connectivity index (χ3v) is 3.63. The number of nitrogens with zero attached hydrogens (tertiary/aromatic N) is 1. The largest absolute Gasteiger partial charge is 0.372 e. The van der Waals surface area contributed by atoms with Gasteiger partial charge in [-0.2, -0.15) is 0 Å². The van der Waals surface area contributed by atoms with Gasteiger partial charge >= 0.3 is 0 Å². The maximum absolute atomic E-state index is 12.0. The number of nitrogens with one attached hydrogen (secondary N) is 1. The number of carbonyl (C=O) groups excluding carboxylic acids is 1. The summed E-state index contributed by atoms with van der Waals surface area (Å²) in [7, 11) is 1.62. The number of halogens is 1. The number of fused-ring (bicyclic) bond motifs is 1. The predicted molar refractivity (Wildman–Crippen MR) is 64.8 cm³/mol. The fourth-order valence-corrected chi connectivity index (χ4v) is 2.68. The Morgan fingerprint density at radius 1 is 1.44 bits per heavy atom. The van der Waals surface area contributed by atoms with E-state index in [4.69, 9.17) is 4.74 Å². The molecule has 0 aromatic rings. The van der Waals surface area contributed by atoms with Crippen LogP contribution in [0.4, 0.5) is 0 Å². The van der Waals surface area contributed by atoms with E-state index in [1.165, 1.54) is 0 Å². The number of methoxy groups -OCH3 is 1. The third-order valence-electron chi connectivity index (χ3n) is 3.63. The van der Waals surface area contributed by atoms with Crippen LogP contribution in [0, 0.1) is 11.8 Å². The van der Waals surface area contributed by atoms with E-state index in [0.717, 1.165) is 32.6 Å². The van der Waals surface area contributed by atoms with Crippen LogP contribution in [-0.2, 0) is 9.53 Å². The molecule has 0 saturated carbocycles. The topological polar surface area (TPSA) is 41.6 Å². The highest BCUT2D eigenvalue weighted by molar-refractivity contribution is 5.85. The molecule has 5 heteroatoms. The Morgan fingerprint density at radius 2 is 2.00 bits per heavy atom. The molecule has 0 radical (unpaired) electrons. The van der Waals surface area contributed by atoms with Crippen molar-refractivity contribution in [1.29, 1.82) is 0 Å². The molecule has 2 aliphatic heterocycles. The lowest BCUT2D eigenvalue weighted by atomic mass is 10.0. The Balaban J connectivity index is 0.00000128. The van der Waals surface area contributed by atoms with Gasteiger partial charge in [0.15, 0.2) is 0 Å². The van der Waals surface area contributed by atoms with E-state index in [2.05, 4.69) is 5.32 Å². The van der Waals surface area contributed by atoms with Crippen molar-refractivity contribution in [1.82, 2.24) is 10.2 Å². The van der Waals surface area contributed by atoms with Crippen molar-refractivity contribution in [3.63, 3.8) is 0 Å². The Bertz CT molecular complexity index is 234. The smallest absolute Gasteiger partial charge is 0.251 e. The Hall–Kier alpha value is -0.320. The molecule has 16 heavy (non-hydrogen) atoms. The van der Waals surface area contributed by atoms with E-state index in [0.29, 0.717) is 11.8 Å². The summed E-state index contributed by atoms with van der Waals surface area (Å²) < 4.78 is 5.19. The number of carbonyl (C=O) groups is 1. The zero-order chi connectivity index (χ0) is 10.8. The van der Waals surface area contributed by atoms with Crippen molar-refractivity contribution in [3.8, 4) is 0 Å². The van der Waals surface area contributed by atoms with Gasteiger partial charge in [-0.25, -0.2) is 0 Å². The maximum atomic E-state index is 12.0. The van der Waals surface area contributed by atoms with Gasteiger partial charge in [-0.3, -0.25) is 4.79 Å². The molecule has 0 aromatic heterocycles. The molecule has 94 valence electrons. The van der Waals surface area contributed by atoms with Crippen LogP contribution in [0.2, 0.25) is 0 Å². The van der Waals surface area contributed by atoms with Gasteiger partial charge in [0.2, 0.25) is 0 Å². The minimum Gasteiger partial charge on any atom is -0.372 e. The van der Waals surface area contributed by atoms with Gasteiger partial charge in [0, 0.05) is 33.3 Å². The molecular formula is C11H21ClN2O2. The monoisotopic (exact) mass is 248 g/mol. The average molecular weight is 249 g/mol. The number of amides is 1. The van der Waals surface area contributed by atoms with Gasteiger partial charge in [-0.05, 0) is 18.3 Å². The highest BCUT2D eigenvalue weighted by Crippen LogP contribution is 2.27. The molecule has 2 heterocycles. The summed E-state index contributed by atoms with van der Waals surface area (Å²) in [5, 5.41) is 3.37. The van der Waals surface area contributed by atoms with Gasteiger partial charge in [0.25, 0.3) is 5.91 Å². The van der Waals surface area contributed by atoms with E-state index < -0.39 is 0 Å². The number of hydrogen-bond acceptors (Lipinski definition) is 3. The number of likely N-dealkylation sites (tertiary alicyclic amines) is 1. The van der Waals surface area contributed by atoms with E-state index in [9.17, 15) is 4.79 Å². The van der Waals surface area contributed by atoms with Crippen molar-refractivity contribution in [3.05, 3.63) is 0 Å². The molecule has 0 bridgehead atoms. The lowest BCUT2D eigenvalue weighted by Gasteiger charge is -2.22. The van der Waals surface area contributed by atoms with Crippen LogP contribution < -0.4 is 5.32 Å². The van der Waals surface area contributed by atoms with E-state index in [1.54, 1.807) is 7.11 Å². The molecule has 1 N–H and O–H groups in total. The maximum Gasteiger partial charge on any atom is 0.251 e. The summed E-state index contributed by atoms with van der Waals surface area (Å²) in [6.45, 7) is 5.95. The molecular weight excluding hydrogens is 228 g/mol. The van der Waals surface area contributed by atoms with Crippen molar-refractivity contribution >= 4 is 18.3 Å². The Morgan fingerprint density at radius 3 is 2.44 bits per heavy atom. The van der Waals surface area contributed by atoms with Crippen molar-refractivity contribution in [2.24, 2.45) is 11.8 Å². The zero-order valence-corrected chi connectivity index (χ0v) is 10.8. The first-order valence-corrected chi connectivity index (χ1v) is 5.78.